The molecule has 0 aromatic heterocycles. The van der Waals surface area contributed by atoms with Gasteiger partial charge in [0.1, 0.15) is 0 Å². The van der Waals surface area contributed by atoms with Crippen LogP contribution in [0.5, 0.6) is 0 Å². The molecule has 0 unspecified atom stereocenters. The van der Waals surface area contributed by atoms with Crippen LogP contribution in [0.3, 0.4) is 0 Å². The molecule has 1 heterocycles. The number of hydrogen-bond acceptors (Lipinski definition) is 3. The van der Waals surface area contributed by atoms with Crippen LogP contribution in [0.4, 0.5) is 0 Å². The zero-order valence-electron chi connectivity index (χ0n) is 14.2. The van der Waals surface area contributed by atoms with Crippen molar-refractivity contribution < 1.29 is 13.2 Å². The standard InChI is InChI=1S/C17H25BrN2O3S/c1-3-5-13(2)19-17(21)14-6-4-11-20(12-14)24(22,23)16-9-7-15(18)8-10-16/h7-10,13-14H,3-6,11-12H2,1-2H3,(H,19,21)/t13-,14-/m0/s1. The van der Waals surface area contributed by atoms with Gasteiger partial charge in [-0.15, -0.1) is 0 Å². The molecule has 1 amide bonds. The first kappa shape index (κ1) is 19.4. The summed E-state index contributed by atoms with van der Waals surface area (Å²) >= 11 is 3.31. The molecule has 0 bridgehead atoms. The zero-order valence-corrected chi connectivity index (χ0v) is 16.6. The minimum absolute atomic E-state index is 0.0355. The van der Waals surface area contributed by atoms with Crippen LogP contribution >= 0.6 is 15.9 Å². The number of sulfonamides is 1. The molecule has 2 rings (SSSR count). The van der Waals surface area contributed by atoms with Crippen molar-refractivity contribution in [1.29, 1.82) is 0 Å². The van der Waals surface area contributed by atoms with E-state index < -0.39 is 10.0 Å². The van der Waals surface area contributed by atoms with Crippen LogP contribution in [0.25, 0.3) is 0 Å². The molecule has 0 radical (unpaired) electrons. The van der Waals surface area contributed by atoms with E-state index in [1.165, 1.54) is 4.31 Å². The van der Waals surface area contributed by atoms with Crippen molar-refractivity contribution in [2.24, 2.45) is 5.92 Å². The third kappa shape index (κ3) is 4.80. The Kier molecular flexibility index (Phi) is 6.83. The van der Waals surface area contributed by atoms with Crippen molar-refractivity contribution in [1.82, 2.24) is 9.62 Å². The molecule has 1 aliphatic rings. The highest BCUT2D eigenvalue weighted by atomic mass is 79.9. The number of halogens is 1. The highest BCUT2D eigenvalue weighted by molar-refractivity contribution is 9.10. The van der Waals surface area contributed by atoms with Crippen LogP contribution in [0.1, 0.15) is 39.5 Å². The Morgan fingerprint density at radius 1 is 1.38 bits per heavy atom. The van der Waals surface area contributed by atoms with Crippen LogP contribution in [0, 0.1) is 5.92 Å². The fraction of sp³-hybridized carbons (Fsp3) is 0.588. The maximum atomic E-state index is 12.8. The van der Waals surface area contributed by atoms with E-state index in [9.17, 15) is 13.2 Å². The third-order valence-corrected chi connectivity index (χ3v) is 6.72. The molecule has 134 valence electrons. The molecule has 1 aliphatic heterocycles. The van der Waals surface area contributed by atoms with Crippen LogP contribution in [0.2, 0.25) is 0 Å². The lowest BCUT2D eigenvalue weighted by molar-refractivity contribution is -0.126. The molecule has 1 N–H and O–H groups in total. The van der Waals surface area contributed by atoms with E-state index in [4.69, 9.17) is 0 Å². The highest BCUT2D eigenvalue weighted by Crippen LogP contribution is 2.25. The molecule has 0 saturated carbocycles. The average molecular weight is 417 g/mol. The SMILES string of the molecule is CCC[C@H](C)NC(=O)[C@H]1CCCN(S(=O)(=O)c2ccc(Br)cc2)C1. The summed E-state index contributed by atoms with van der Waals surface area (Å²) in [5, 5.41) is 3.00. The van der Waals surface area contributed by atoms with Gasteiger partial charge in [-0.2, -0.15) is 4.31 Å². The Morgan fingerprint density at radius 2 is 2.04 bits per heavy atom. The van der Waals surface area contributed by atoms with Gasteiger partial charge in [0.25, 0.3) is 0 Å². The first-order valence-corrected chi connectivity index (χ1v) is 10.6. The first-order valence-electron chi connectivity index (χ1n) is 8.40. The summed E-state index contributed by atoms with van der Waals surface area (Å²) in [6, 6.07) is 6.74. The van der Waals surface area contributed by atoms with Crippen molar-refractivity contribution in [2.75, 3.05) is 13.1 Å². The average Bonchev–Trinajstić information content (AvgIpc) is 2.55. The highest BCUT2D eigenvalue weighted by Gasteiger charge is 2.33. The molecule has 7 heteroatoms. The normalized spacial score (nSPS) is 20.5. The second-order valence-electron chi connectivity index (χ2n) is 6.35. The van der Waals surface area contributed by atoms with Gasteiger partial charge < -0.3 is 5.32 Å². The Bertz CT molecular complexity index is 661. The van der Waals surface area contributed by atoms with Gasteiger partial charge in [0.05, 0.1) is 10.8 Å². The molecule has 0 aliphatic carbocycles. The largest absolute Gasteiger partial charge is 0.353 e. The third-order valence-electron chi connectivity index (χ3n) is 4.32. The van der Waals surface area contributed by atoms with Gasteiger partial charge in [0.2, 0.25) is 15.9 Å². The van der Waals surface area contributed by atoms with Gasteiger partial charge in [-0.05, 0) is 50.5 Å². The van der Waals surface area contributed by atoms with Crippen LogP contribution in [-0.4, -0.2) is 37.8 Å². The van der Waals surface area contributed by atoms with E-state index in [0.717, 1.165) is 23.7 Å². The first-order chi connectivity index (χ1) is 11.3. The van der Waals surface area contributed by atoms with E-state index in [2.05, 4.69) is 28.2 Å². The van der Waals surface area contributed by atoms with E-state index in [1.54, 1.807) is 24.3 Å². The number of piperidine rings is 1. The van der Waals surface area contributed by atoms with E-state index in [1.807, 2.05) is 6.92 Å². The monoisotopic (exact) mass is 416 g/mol. The minimum Gasteiger partial charge on any atom is -0.353 e. The Morgan fingerprint density at radius 3 is 2.67 bits per heavy atom. The number of nitrogens with one attached hydrogen (secondary N) is 1. The molecular weight excluding hydrogens is 392 g/mol. The Labute approximate surface area is 153 Å². The van der Waals surface area contributed by atoms with Crippen LogP contribution in [-0.2, 0) is 14.8 Å². The van der Waals surface area contributed by atoms with Crippen molar-refractivity contribution >= 4 is 31.9 Å². The van der Waals surface area contributed by atoms with Gasteiger partial charge in [0.15, 0.2) is 0 Å². The summed E-state index contributed by atoms with van der Waals surface area (Å²) in [6.45, 7) is 4.78. The fourth-order valence-electron chi connectivity index (χ4n) is 3.00. The molecule has 1 fully saturated rings. The quantitative estimate of drug-likeness (QED) is 0.774. The van der Waals surface area contributed by atoms with Gasteiger partial charge >= 0.3 is 0 Å². The van der Waals surface area contributed by atoms with Gasteiger partial charge in [-0.1, -0.05) is 29.3 Å². The zero-order chi connectivity index (χ0) is 17.7. The van der Waals surface area contributed by atoms with Gasteiger partial charge in [-0.25, -0.2) is 8.42 Å². The minimum atomic E-state index is -3.55. The smallest absolute Gasteiger partial charge is 0.243 e. The maximum absolute atomic E-state index is 12.8. The van der Waals surface area contributed by atoms with Crippen molar-refractivity contribution in [3.05, 3.63) is 28.7 Å². The molecule has 2 atom stereocenters. The molecular formula is C17H25BrN2O3S. The number of nitrogens with zero attached hydrogens (tertiary/aromatic N) is 1. The number of amides is 1. The predicted octanol–water partition coefficient (Wildman–Crippen LogP) is 3.15. The Hall–Kier alpha value is -0.920. The number of rotatable bonds is 6. The van der Waals surface area contributed by atoms with Crippen molar-refractivity contribution in [3.8, 4) is 0 Å². The summed E-state index contributed by atoms with van der Waals surface area (Å²) in [5.41, 5.74) is 0. The number of carbonyl (C=O) groups is 1. The van der Waals surface area contributed by atoms with E-state index >= 15 is 0 Å². The van der Waals surface area contributed by atoms with Gasteiger partial charge in [0, 0.05) is 23.6 Å². The van der Waals surface area contributed by atoms with E-state index in [-0.39, 0.29) is 29.3 Å². The van der Waals surface area contributed by atoms with Gasteiger partial charge in [-0.3, -0.25) is 4.79 Å². The molecule has 5 nitrogen and oxygen atoms in total. The molecule has 24 heavy (non-hydrogen) atoms. The topological polar surface area (TPSA) is 66.5 Å². The number of hydrogen-bond donors (Lipinski definition) is 1. The lowest BCUT2D eigenvalue weighted by Crippen LogP contribution is -2.47. The second kappa shape index (κ2) is 8.45. The van der Waals surface area contributed by atoms with Crippen molar-refractivity contribution in [3.63, 3.8) is 0 Å². The van der Waals surface area contributed by atoms with Crippen LogP contribution < -0.4 is 5.32 Å². The summed E-state index contributed by atoms with van der Waals surface area (Å²) in [6.07, 6.45) is 3.38. The summed E-state index contributed by atoms with van der Waals surface area (Å²) in [5.74, 6) is -0.310. The van der Waals surface area contributed by atoms with E-state index in [0.29, 0.717) is 13.0 Å². The maximum Gasteiger partial charge on any atom is 0.243 e. The molecule has 0 spiro atoms. The number of carbonyl (C=O) groups excluding carboxylic acids is 1. The molecule has 1 aromatic rings. The van der Waals surface area contributed by atoms with Crippen molar-refractivity contribution in [2.45, 2.75) is 50.5 Å². The molecule has 1 saturated heterocycles. The Balaban J connectivity index is 2.07. The number of benzene rings is 1. The lowest BCUT2D eigenvalue weighted by Gasteiger charge is -2.31. The summed E-state index contributed by atoms with van der Waals surface area (Å²) < 4.78 is 27.8. The lowest BCUT2D eigenvalue weighted by atomic mass is 9.98. The molecule has 1 aromatic carbocycles. The summed E-state index contributed by atoms with van der Waals surface area (Å²) in [7, 11) is -3.55. The second-order valence-corrected chi connectivity index (χ2v) is 9.21. The fourth-order valence-corrected chi connectivity index (χ4v) is 4.78. The van der Waals surface area contributed by atoms with Crippen LogP contribution in [0.15, 0.2) is 33.6 Å². The predicted molar refractivity (Wildman–Crippen MR) is 98.1 cm³/mol. The summed E-state index contributed by atoms with van der Waals surface area (Å²) in [4.78, 5) is 12.7.